The predicted octanol–water partition coefficient (Wildman–Crippen LogP) is 5.42. The predicted molar refractivity (Wildman–Crippen MR) is 69.4 cm³/mol. The Balaban J connectivity index is 5.75. The van der Waals surface area contributed by atoms with E-state index in [0.717, 1.165) is 14.0 Å². The van der Waals surface area contributed by atoms with Crippen molar-refractivity contribution in [3.8, 4) is 0 Å². The second-order valence-corrected chi connectivity index (χ2v) is 5.64. The van der Waals surface area contributed by atoms with Gasteiger partial charge in [0.15, 0.2) is 18.9 Å². The fourth-order valence-electron chi connectivity index (χ4n) is 1.69. The molecule has 0 radical (unpaired) electrons. The topological polar surface area (TPSA) is 36.9 Å². The van der Waals surface area contributed by atoms with E-state index in [4.69, 9.17) is 4.74 Å². The molecule has 0 rings (SSSR count). The molecule has 0 aliphatic heterocycles. The molecule has 0 aliphatic carbocycles. The van der Waals surface area contributed by atoms with Gasteiger partial charge in [-0.1, -0.05) is 0 Å². The summed E-state index contributed by atoms with van der Waals surface area (Å²) < 4.78 is 185. The van der Waals surface area contributed by atoms with Gasteiger partial charge in [0.1, 0.15) is 0 Å². The van der Waals surface area contributed by atoms with E-state index in [0.29, 0.717) is 6.92 Å². The van der Waals surface area contributed by atoms with Gasteiger partial charge in [-0.25, -0.2) is 0 Å². The van der Waals surface area contributed by atoms with Crippen LogP contribution < -0.4 is 0 Å². The van der Waals surface area contributed by atoms with Crippen molar-refractivity contribution in [2.45, 2.75) is 75.6 Å². The molecule has 0 fully saturated rings. The number of methoxy groups -OCH3 is 1. The molecule has 17 heteroatoms. The standard InChI is InChI=1S/C13H15F13O4/c1-5(27-4)28-6(2)29-7(3)30-13(25,26)11(20,21)9(16,17)8(14,15)10(18,19)12(22,23)24/h5-7H,1-4H3. The molecule has 3 unspecified atom stereocenters. The molecule has 4 nitrogen and oxygen atoms in total. The van der Waals surface area contributed by atoms with Crippen molar-refractivity contribution in [1.82, 2.24) is 0 Å². The third kappa shape index (κ3) is 5.21. The maximum Gasteiger partial charge on any atom is 0.460 e. The summed E-state index contributed by atoms with van der Waals surface area (Å²) in [5.74, 6) is -31.3. The van der Waals surface area contributed by atoms with Crippen molar-refractivity contribution in [3.63, 3.8) is 0 Å². The van der Waals surface area contributed by atoms with Crippen LogP contribution in [0, 0.1) is 0 Å². The van der Waals surface area contributed by atoms with E-state index in [1.54, 1.807) is 0 Å². The van der Waals surface area contributed by atoms with Crippen molar-refractivity contribution >= 4 is 0 Å². The summed E-state index contributed by atoms with van der Waals surface area (Å²) in [5, 5.41) is 0. The van der Waals surface area contributed by atoms with Crippen LogP contribution in [0.4, 0.5) is 57.1 Å². The van der Waals surface area contributed by atoms with Crippen LogP contribution >= 0.6 is 0 Å². The minimum Gasteiger partial charge on any atom is -0.356 e. The number of rotatable bonds is 11. The van der Waals surface area contributed by atoms with Crippen LogP contribution in [0.1, 0.15) is 20.8 Å². The molecule has 0 saturated heterocycles. The largest absolute Gasteiger partial charge is 0.460 e. The van der Waals surface area contributed by atoms with E-state index in [1.807, 2.05) is 0 Å². The van der Waals surface area contributed by atoms with E-state index in [2.05, 4.69) is 14.2 Å². The summed E-state index contributed by atoms with van der Waals surface area (Å²) >= 11 is 0. The lowest BCUT2D eigenvalue weighted by Crippen LogP contribution is -2.70. The zero-order chi connectivity index (χ0) is 24.6. The van der Waals surface area contributed by atoms with Crippen LogP contribution in [-0.4, -0.2) is 62.0 Å². The summed E-state index contributed by atoms with van der Waals surface area (Å²) in [6.07, 6.45) is -19.5. The summed E-state index contributed by atoms with van der Waals surface area (Å²) in [5.41, 5.74) is 0. The minimum absolute atomic E-state index is 0.363. The zero-order valence-corrected chi connectivity index (χ0v) is 15.3. The van der Waals surface area contributed by atoms with Crippen LogP contribution in [-0.2, 0) is 18.9 Å². The number of halogens is 13. The number of ether oxygens (including phenoxy) is 4. The fourth-order valence-corrected chi connectivity index (χ4v) is 1.69. The smallest absolute Gasteiger partial charge is 0.356 e. The lowest BCUT2D eigenvalue weighted by atomic mass is 9.97. The second kappa shape index (κ2) is 8.82. The Labute approximate surface area is 160 Å². The highest BCUT2D eigenvalue weighted by Crippen LogP contribution is 2.60. The Morgan fingerprint density at radius 2 is 0.867 bits per heavy atom. The van der Waals surface area contributed by atoms with Crippen LogP contribution in [0.25, 0.3) is 0 Å². The molecular weight excluding hydrogens is 467 g/mol. The van der Waals surface area contributed by atoms with E-state index < -0.39 is 54.8 Å². The Hall–Kier alpha value is -1.07. The third-order valence-corrected chi connectivity index (χ3v) is 3.32. The van der Waals surface area contributed by atoms with Crippen molar-refractivity contribution in [2.24, 2.45) is 0 Å². The lowest BCUT2D eigenvalue weighted by Gasteiger charge is -2.39. The summed E-state index contributed by atoms with van der Waals surface area (Å²) in [6.45, 7) is 2.54. The Morgan fingerprint density at radius 3 is 1.23 bits per heavy atom. The van der Waals surface area contributed by atoms with Gasteiger partial charge < -0.3 is 14.2 Å². The van der Waals surface area contributed by atoms with Crippen molar-refractivity contribution < 1.29 is 76.0 Å². The van der Waals surface area contributed by atoms with Crippen LogP contribution in [0.15, 0.2) is 0 Å². The highest BCUT2D eigenvalue weighted by Gasteiger charge is 2.91. The van der Waals surface area contributed by atoms with Crippen LogP contribution in [0.3, 0.4) is 0 Å². The molecule has 182 valence electrons. The molecule has 0 aromatic rings. The first-order valence-electron chi connectivity index (χ1n) is 7.47. The molecule has 0 N–H and O–H groups in total. The molecule has 0 heterocycles. The molecule has 0 bridgehead atoms. The van der Waals surface area contributed by atoms with Crippen molar-refractivity contribution in [1.29, 1.82) is 0 Å². The fraction of sp³-hybridized carbons (Fsp3) is 1.00. The monoisotopic (exact) mass is 482 g/mol. The average molecular weight is 482 g/mol. The normalized spacial score (nSPS) is 18.3. The van der Waals surface area contributed by atoms with Gasteiger partial charge in [-0.15, -0.1) is 0 Å². The van der Waals surface area contributed by atoms with Gasteiger partial charge >= 0.3 is 36.0 Å². The molecule has 0 amide bonds. The molecule has 30 heavy (non-hydrogen) atoms. The molecule has 0 aliphatic rings. The molecule has 0 aromatic carbocycles. The summed E-state index contributed by atoms with van der Waals surface area (Å²) in [6, 6.07) is 0. The molecule has 3 atom stereocenters. The zero-order valence-electron chi connectivity index (χ0n) is 15.3. The van der Waals surface area contributed by atoms with E-state index in [9.17, 15) is 57.1 Å². The van der Waals surface area contributed by atoms with Gasteiger partial charge in [0, 0.05) is 7.11 Å². The van der Waals surface area contributed by atoms with E-state index in [1.165, 1.54) is 6.92 Å². The quantitative estimate of drug-likeness (QED) is 0.291. The SMILES string of the molecule is COC(C)OC(C)OC(C)OC(F)(F)C(F)(F)C(F)(F)C(F)(F)C(F)(F)C(F)(F)F. The highest BCUT2D eigenvalue weighted by atomic mass is 19.4. The van der Waals surface area contributed by atoms with Gasteiger partial charge in [-0.3, -0.25) is 4.74 Å². The molecular formula is C13H15F13O4. The van der Waals surface area contributed by atoms with Gasteiger partial charge in [0.25, 0.3) is 0 Å². The highest BCUT2D eigenvalue weighted by molar-refractivity contribution is 5.08. The second-order valence-electron chi connectivity index (χ2n) is 5.64. The van der Waals surface area contributed by atoms with Gasteiger partial charge in [0.2, 0.25) is 0 Å². The number of alkyl halides is 13. The summed E-state index contributed by atoms with van der Waals surface area (Å²) in [7, 11) is 1.10. The summed E-state index contributed by atoms with van der Waals surface area (Å²) in [4.78, 5) is 0. The maximum atomic E-state index is 13.5. The first kappa shape index (κ1) is 28.9. The molecule has 0 spiro atoms. The first-order chi connectivity index (χ1) is 13.0. The first-order valence-corrected chi connectivity index (χ1v) is 7.47. The van der Waals surface area contributed by atoms with Crippen molar-refractivity contribution in [3.05, 3.63) is 0 Å². The van der Waals surface area contributed by atoms with Crippen LogP contribution in [0.2, 0.25) is 0 Å². The van der Waals surface area contributed by atoms with E-state index in [-0.39, 0.29) is 0 Å². The van der Waals surface area contributed by atoms with Crippen LogP contribution in [0.5, 0.6) is 0 Å². The maximum absolute atomic E-state index is 13.5. The molecule has 0 saturated carbocycles. The molecule has 0 aromatic heterocycles. The Bertz CT molecular complexity index is 564. The van der Waals surface area contributed by atoms with Gasteiger partial charge in [-0.2, -0.15) is 57.1 Å². The Morgan fingerprint density at radius 1 is 0.500 bits per heavy atom. The third-order valence-electron chi connectivity index (χ3n) is 3.32. The number of hydrogen-bond donors (Lipinski definition) is 0. The van der Waals surface area contributed by atoms with Crippen molar-refractivity contribution in [2.75, 3.05) is 7.11 Å². The van der Waals surface area contributed by atoms with E-state index >= 15 is 0 Å². The lowest BCUT2D eigenvalue weighted by molar-refractivity contribution is -0.479. The average Bonchev–Trinajstić information content (AvgIpc) is 2.51. The minimum atomic E-state index is -8.00. The Kier molecular flexibility index (Phi) is 8.50. The number of hydrogen-bond acceptors (Lipinski definition) is 4. The van der Waals surface area contributed by atoms with Gasteiger partial charge in [-0.05, 0) is 20.8 Å². The van der Waals surface area contributed by atoms with Gasteiger partial charge in [0.05, 0.1) is 0 Å².